The van der Waals surface area contributed by atoms with E-state index in [0.717, 1.165) is 17.2 Å². The number of pyridine rings is 1. The molecule has 0 aliphatic carbocycles. The molecule has 104 valence electrons. The molecule has 1 aromatic carbocycles. The summed E-state index contributed by atoms with van der Waals surface area (Å²) in [7, 11) is 0. The van der Waals surface area contributed by atoms with Gasteiger partial charge >= 0.3 is 0 Å². The Morgan fingerprint density at radius 2 is 1.90 bits per heavy atom. The van der Waals surface area contributed by atoms with Crippen molar-refractivity contribution in [1.82, 2.24) is 10.3 Å². The standard InChI is InChI=1S/C16H18N2OS/c19-16(18-12-15-8-4-5-10-17-15)9-11-20-13-14-6-2-1-3-7-14/h1-8,10H,9,11-13H2,(H,18,19). The molecule has 1 aromatic heterocycles. The van der Waals surface area contributed by atoms with E-state index in [0.29, 0.717) is 13.0 Å². The van der Waals surface area contributed by atoms with Gasteiger partial charge in [0.05, 0.1) is 12.2 Å². The maximum absolute atomic E-state index is 11.7. The van der Waals surface area contributed by atoms with E-state index < -0.39 is 0 Å². The predicted octanol–water partition coefficient (Wildman–Crippen LogP) is 3.02. The van der Waals surface area contributed by atoms with Crippen molar-refractivity contribution in [2.45, 2.75) is 18.7 Å². The fourth-order valence-corrected chi connectivity index (χ4v) is 2.61. The van der Waals surface area contributed by atoms with Gasteiger partial charge in [0.25, 0.3) is 0 Å². The SMILES string of the molecule is O=C(CCSCc1ccccc1)NCc1ccccn1. The van der Waals surface area contributed by atoms with Crippen molar-refractivity contribution >= 4 is 17.7 Å². The topological polar surface area (TPSA) is 42.0 Å². The van der Waals surface area contributed by atoms with Gasteiger partial charge in [-0.25, -0.2) is 0 Å². The molecule has 3 nitrogen and oxygen atoms in total. The largest absolute Gasteiger partial charge is 0.350 e. The molecule has 0 aliphatic heterocycles. The van der Waals surface area contributed by atoms with Gasteiger partial charge in [-0.1, -0.05) is 36.4 Å². The highest BCUT2D eigenvalue weighted by molar-refractivity contribution is 7.98. The molecule has 2 aromatic rings. The summed E-state index contributed by atoms with van der Waals surface area (Å²) in [5, 5.41) is 2.88. The first kappa shape index (κ1) is 14.6. The molecule has 0 unspecified atom stereocenters. The molecule has 20 heavy (non-hydrogen) atoms. The summed E-state index contributed by atoms with van der Waals surface area (Å²) < 4.78 is 0. The number of amides is 1. The Morgan fingerprint density at radius 1 is 1.10 bits per heavy atom. The molecule has 0 bridgehead atoms. The van der Waals surface area contributed by atoms with Crippen LogP contribution in [0.15, 0.2) is 54.7 Å². The number of nitrogens with zero attached hydrogens (tertiary/aromatic N) is 1. The number of hydrogen-bond donors (Lipinski definition) is 1. The highest BCUT2D eigenvalue weighted by Gasteiger charge is 2.02. The smallest absolute Gasteiger partial charge is 0.221 e. The number of aromatic nitrogens is 1. The van der Waals surface area contributed by atoms with Gasteiger partial charge in [-0.2, -0.15) is 11.8 Å². The third-order valence-corrected chi connectivity index (χ3v) is 3.81. The van der Waals surface area contributed by atoms with E-state index in [9.17, 15) is 4.79 Å². The summed E-state index contributed by atoms with van der Waals surface area (Å²) in [6, 6.07) is 16.0. The molecule has 0 saturated carbocycles. The maximum atomic E-state index is 11.7. The predicted molar refractivity (Wildman–Crippen MR) is 83.3 cm³/mol. The first-order chi connectivity index (χ1) is 9.84. The summed E-state index contributed by atoms with van der Waals surface area (Å²) in [5.41, 5.74) is 2.18. The van der Waals surface area contributed by atoms with Crippen LogP contribution in [0.3, 0.4) is 0 Å². The lowest BCUT2D eigenvalue weighted by atomic mass is 10.2. The van der Waals surface area contributed by atoms with Crippen LogP contribution in [0.4, 0.5) is 0 Å². The van der Waals surface area contributed by atoms with Crippen molar-refractivity contribution in [3.63, 3.8) is 0 Å². The molecular weight excluding hydrogens is 268 g/mol. The Hall–Kier alpha value is -1.81. The minimum atomic E-state index is 0.0798. The number of benzene rings is 1. The van der Waals surface area contributed by atoms with E-state index in [-0.39, 0.29) is 5.91 Å². The number of hydrogen-bond acceptors (Lipinski definition) is 3. The lowest BCUT2D eigenvalue weighted by Gasteiger charge is -2.05. The molecule has 0 aliphatic rings. The number of nitrogens with one attached hydrogen (secondary N) is 1. The Labute approximate surface area is 123 Å². The van der Waals surface area contributed by atoms with Gasteiger partial charge in [0.1, 0.15) is 0 Å². The Balaban J connectivity index is 1.59. The van der Waals surface area contributed by atoms with Crippen molar-refractivity contribution < 1.29 is 4.79 Å². The van der Waals surface area contributed by atoms with Gasteiger partial charge in [-0.15, -0.1) is 0 Å². The normalized spacial score (nSPS) is 10.2. The third-order valence-electron chi connectivity index (χ3n) is 2.78. The maximum Gasteiger partial charge on any atom is 0.221 e. The van der Waals surface area contributed by atoms with Gasteiger partial charge in [0, 0.05) is 24.1 Å². The average molecular weight is 286 g/mol. The van der Waals surface area contributed by atoms with Crippen molar-refractivity contribution in [2.24, 2.45) is 0 Å². The zero-order chi connectivity index (χ0) is 14.0. The van der Waals surface area contributed by atoms with Crippen LogP contribution in [0.25, 0.3) is 0 Å². The third kappa shape index (κ3) is 5.45. The molecule has 1 N–H and O–H groups in total. The second kappa shape index (κ2) is 8.38. The van der Waals surface area contributed by atoms with Gasteiger partial charge in [-0.05, 0) is 17.7 Å². The summed E-state index contributed by atoms with van der Waals surface area (Å²) in [5.74, 6) is 1.87. The highest BCUT2D eigenvalue weighted by atomic mass is 32.2. The van der Waals surface area contributed by atoms with E-state index >= 15 is 0 Å². The van der Waals surface area contributed by atoms with E-state index in [1.807, 2.05) is 36.4 Å². The lowest BCUT2D eigenvalue weighted by molar-refractivity contribution is -0.120. The summed E-state index contributed by atoms with van der Waals surface area (Å²) in [6.45, 7) is 0.503. The number of carbonyl (C=O) groups excluding carboxylic acids is 1. The molecule has 0 saturated heterocycles. The van der Waals surface area contributed by atoms with Crippen LogP contribution in [0.2, 0.25) is 0 Å². The van der Waals surface area contributed by atoms with Gasteiger partial charge in [0.15, 0.2) is 0 Å². The molecule has 2 rings (SSSR count). The quantitative estimate of drug-likeness (QED) is 0.796. The van der Waals surface area contributed by atoms with Crippen LogP contribution in [0, 0.1) is 0 Å². The molecule has 1 heterocycles. The second-order valence-electron chi connectivity index (χ2n) is 4.39. The zero-order valence-corrected chi connectivity index (χ0v) is 12.1. The van der Waals surface area contributed by atoms with Crippen LogP contribution in [-0.2, 0) is 17.1 Å². The van der Waals surface area contributed by atoms with Gasteiger partial charge in [-0.3, -0.25) is 9.78 Å². The summed E-state index contributed by atoms with van der Waals surface area (Å²) >= 11 is 1.78. The van der Waals surface area contributed by atoms with Gasteiger partial charge < -0.3 is 5.32 Å². The number of rotatable bonds is 7. The number of carbonyl (C=O) groups is 1. The number of thioether (sulfide) groups is 1. The van der Waals surface area contributed by atoms with Crippen LogP contribution in [0.5, 0.6) is 0 Å². The molecule has 0 spiro atoms. The first-order valence-electron chi connectivity index (χ1n) is 6.63. The van der Waals surface area contributed by atoms with Crippen LogP contribution < -0.4 is 5.32 Å². The average Bonchev–Trinajstić information content (AvgIpc) is 2.52. The fourth-order valence-electron chi connectivity index (χ4n) is 1.71. The monoisotopic (exact) mass is 286 g/mol. The van der Waals surface area contributed by atoms with Crippen LogP contribution in [-0.4, -0.2) is 16.6 Å². The van der Waals surface area contributed by atoms with Gasteiger partial charge in [0.2, 0.25) is 5.91 Å². The van der Waals surface area contributed by atoms with E-state index in [4.69, 9.17) is 0 Å². The highest BCUT2D eigenvalue weighted by Crippen LogP contribution is 2.12. The zero-order valence-electron chi connectivity index (χ0n) is 11.3. The molecule has 0 atom stereocenters. The minimum Gasteiger partial charge on any atom is -0.350 e. The molecule has 0 fully saturated rings. The molecule has 1 amide bonds. The Kier molecular flexibility index (Phi) is 6.11. The lowest BCUT2D eigenvalue weighted by Crippen LogP contribution is -2.23. The van der Waals surface area contributed by atoms with E-state index in [2.05, 4.69) is 22.4 Å². The first-order valence-corrected chi connectivity index (χ1v) is 7.78. The van der Waals surface area contributed by atoms with E-state index in [1.54, 1.807) is 18.0 Å². The molecular formula is C16H18N2OS. The fraction of sp³-hybridized carbons (Fsp3) is 0.250. The van der Waals surface area contributed by atoms with Crippen molar-refractivity contribution in [1.29, 1.82) is 0 Å². The summed E-state index contributed by atoms with van der Waals surface area (Å²) in [4.78, 5) is 15.8. The van der Waals surface area contributed by atoms with Crippen LogP contribution >= 0.6 is 11.8 Å². The van der Waals surface area contributed by atoms with Crippen molar-refractivity contribution in [3.8, 4) is 0 Å². The molecule has 0 radical (unpaired) electrons. The van der Waals surface area contributed by atoms with Crippen LogP contribution in [0.1, 0.15) is 17.7 Å². The Morgan fingerprint density at radius 3 is 2.65 bits per heavy atom. The second-order valence-corrected chi connectivity index (χ2v) is 5.49. The van der Waals surface area contributed by atoms with Crippen molar-refractivity contribution in [2.75, 3.05) is 5.75 Å². The van der Waals surface area contributed by atoms with Crippen molar-refractivity contribution in [3.05, 3.63) is 66.0 Å². The van der Waals surface area contributed by atoms with E-state index in [1.165, 1.54) is 5.56 Å². The Bertz CT molecular complexity index is 517. The minimum absolute atomic E-state index is 0.0798. The molecule has 4 heteroatoms. The summed E-state index contributed by atoms with van der Waals surface area (Å²) in [6.07, 6.45) is 2.28.